The summed E-state index contributed by atoms with van der Waals surface area (Å²) in [5.41, 5.74) is 7.38. The fourth-order valence-corrected chi connectivity index (χ4v) is 4.39. The van der Waals surface area contributed by atoms with E-state index in [9.17, 15) is 23.6 Å². The predicted octanol–water partition coefficient (Wildman–Crippen LogP) is 2.80. The van der Waals surface area contributed by atoms with E-state index in [1.165, 1.54) is 28.6 Å². The molecule has 2 aromatic carbocycles. The summed E-state index contributed by atoms with van der Waals surface area (Å²) < 4.78 is 15.6. The number of nitrogens with zero attached hydrogens (tertiary/aromatic N) is 3. The Balaban J connectivity index is 1.49. The van der Waals surface area contributed by atoms with Crippen molar-refractivity contribution in [3.05, 3.63) is 64.1 Å². The van der Waals surface area contributed by atoms with Crippen molar-refractivity contribution in [2.24, 2.45) is 5.73 Å². The van der Waals surface area contributed by atoms with Crippen LogP contribution in [0.2, 0.25) is 5.02 Å². The number of carbonyl (C=O) groups is 4. The number of benzene rings is 2. The summed E-state index contributed by atoms with van der Waals surface area (Å²) in [4.78, 5) is 51.8. The summed E-state index contributed by atoms with van der Waals surface area (Å²) in [6.45, 7) is 2.59. The van der Waals surface area contributed by atoms with Gasteiger partial charge in [0, 0.05) is 36.9 Å². The lowest BCUT2D eigenvalue weighted by Gasteiger charge is -2.22. The molecule has 1 atom stereocenters. The van der Waals surface area contributed by atoms with Crippen LogP contribution in [0.5, 0.6) is 0 Å². The largest absolute Gasteiger partial charge is 0.350 e. The molecular formula is C27H29ClFN5O4. The molecular weight excluding hydrogens is 513 g/mol. The highest BCUT2D eigenvalue weighted by molar-refractivity contribution is 6.30. The van der Waals surface area contributed by atoms with Crippen molar-refractivity contribution in [2.45, 2.75) is 58.3 Å². The Morgan fingerprint density at radius 3 is 2.63 bits per heavy atom. The van der Waals surface area contributed by atoms with E-state index in [2.05, 4.69) is 10.4 Å². The Hall–Kier alpha value is -3.63. The van der Waals surface area contributed by atoms with Gasteiger partial charge in [0.2, 0.25) is 11.8 Å². The first kappa shape index (κ1) is 27.4. The molecule has 0 radical (unpaired) electrons. The number of aromatic nitrogens is 2. The van der Waals surface area contributed by atoms with E-state index in [0.29, 0.717) is 16.5 Å². The number of rotatable bonds is 11. The lowest BCUT2D eigenvalue weighted by atomic mass is 10.0. The molecule has 1 aliphatic rings. The number of ketones is 2. The minimum atomic E-state index is -0.603. The predicted molar refractivity (Wildman–Crippen MR) is 140 cm³/mol. The SMILES string of the molecule is CC(=O)c1nn(CC(=O)N(CC(=O)NCc2cccc(Cl)c2F)C2CC2)c2ccc(CC(=O)C(C)N)cc12. The summed E-state index contributed by atoms with van der Waals surface area (Å²) in [5, 5.41) is 7.53. The second-order valence-corrected chi connectivity index (χ2v) is 10.00. The number of hydrogen-bond donors (Lipinski definition) is 2. The zero-order chi connectivity index (χ0) is 27.6. The van der Waals surface area contributed by atoms with Gasteiger partial charge in [0.15, 0.2) is 11.6 Å². The van der Waals surface area contributed by atoms with Crippen molar-refractivity contribution < 1.29 is 23.6 Å². The van der Waals surface area contributed by atoms with Gasteiger partial charge in [-0.2, -0.15) is 5.10 Å². The summed E-state index contributed by atoms with van der Waals surface area (Å²) in [6, 6.07) is 9.06. The molecule has 0 spiro atoms. The van der Waals surface area contributed by atoms with Crippen molar-refractivity contribution >= 4 is 45.9 Å². The molecule has 0 saturated heterocycles. The van der Waals surface area contributed by atoms with Crippen LogP contribution in [0.4, 0.5) is 4.39 Å². The number of Topliss-reactive ketones (excluding diaryl/α,β-unsaturated/α-hetero) is 2. The minimum absolute atomic E-state index is 0.0319. The van der Waals surface area contributed by atoms with E-state index in [1.807, 2.05) is 0 Å². The monoisotopic (exact) mass is 541 g/mol. The Labute approximate surface area is 224 Å². The molecule has 1 unspecified atom stereocenters. The van der Waals surface area contributed by atoms with Crippen molar-refractivity contribution in [2.75, 3.05) is 6.54 Å². The van der Waals surface area contributed by atoms with Gasteiger partial charge in [-0.15, -0.1) is 0 Å². The average molecular weight is 542 g/mol. The maximum Gasteiger partial charge on any atom is 0.245 e. The quantitative estimate of drug-likeness (QED) is 0.359. The molecule has 1 saturated carbocycles. The number of nitrogens with one attached hydrogen (secondary N) is 1. The van der Waals surface area contributed by atoms with Crippen LogP contribution in [0.1, 0.15) is 48.3 Å². The number of amides is 2. The molecule has 0 bridgehead atoms. The minimum Gasteiger partial charge on any atom is -0.350 e. The third-order valence-corrected chi connectivity index (χ3v) is 6.74. The van der Waals surface area contributed by atoms with Gasteiger partial charge in [-0.3, -0.25) is 23.9 Å². The number of carbonyl (C=O) groups excluding carboxylic acids is 4. The van der Waals surface area contributed by atoms with Gasteiger partial charge in [0.1, 0.15) is 18.1 Å². The number of hydrogen-bond acceptors (Lipinski definition) is 6. The second kappa shape index (κ2) is 11.4. The Bertz CT molecular complexity index is 1420. The Kier molecular flexibility index (Phi) is 8.23. The van der Waals surface area contributed by atoms with E-state index >= 15 is 0 Å². The maximum absolute atomic E-state index is 14.1. The van der Waals surface area contributed by atoms with Gasteiger partial charge in [-0.1, -0.05) is 29.8 Å². The van der Waals surface area contributed by atoms with Crippen LogP contribution in [0.3, 0.4) is 0 Å². The number of nitrogens with two attached hydrogens (primary N) is 1. The van der Waals surface area contributed by atoms with Crippen molar-refractivity contribution in [3.63, 3.8) is 0 Å². The van der Waals surface area contributed by atoms with Crippen LogP contribution >= 0.6 is 11.6 Å². The fraction of sp³-hybridized carbons (Fsp3) is 0.370. The van der Waals surface area contributed by atoms with Gasteiger partial charge in [-0.05, 0) is 43.5 Å². The summed E-state index contributed by atoms with van der Waals surface area (Å²) in [6.07, 6.45) is 1.67. The van der Waals surface area contributed by atoms with Crippen LogP contribution in [-0.2, 0) is 33.9 Å². The molecule has 1 aromatic heterocycles. The second-order valence-electron chi connectivity index (χ2n) is 9.59. The average Bonchev–Trinajstić information content (AvgIpc) is 3.65. The normalized spacial score (nSPS) is 13.8. The van der Waals surface area contributed by atoms with Crippen LogP contribution < -0.4 is 11.1 Å². The first-order chi connectivity index (χ1) is 18.0. The van der Waals surface area contributed by atoms with Gasteiger partial charge < -0.3 is 16.0 Å². The maximum atomic E-state index is 14.1. The first-order valence-corrected chi connectivity index (χ1v) is 12.7. The molecule has 4 rings (SSSR count). The highest BCUT2D eigenvalue weighted by Gasteiger charge is 2.34. The van der Waals surface area contributed by atoms with Crippen LogP contribution in [0.25, 0.3) is 10.9 Å². The highest BCUT2D eigenvalue weighted by atomic mass is 35.5. The van der Waals surface area contributed by atoms with Crippen LogP contribution in [-0.4, -0.2) is 56.7 Å². The zero-order valence-electron chi connectivity index (χ0n) is 21.2. The van der Waals surface area contributed by atoms with Gasteiger partial charge >= 0.3 is 0 Å². The topological polar surface area (TPSA) is 127 Å². The molecule has 200 valence electrons. The summed E-state index contributed by atoms with van der Waals surface area (Å²) in [5.74, 6) is -1.76. The molecule has 9 nitrogen and oxygen atoms in total. The van der Waals surface area contributed by atoms with Crippen molar-refractivity contribution in [1.29, 1.82) is 0 Å². The molecule has 1 fully saturated rings. The van der Waals surface area contributed by atoms with Crippen molar-refractivity contribution in [1.82, 2.24) is 20.0 Å². The van der Waals surface area contributed by atoms with E-state index in [-0.39, 0.29) is 65.9 Å². The standard InChI is InChI=1S/C27H29ClFN5O4/c1-15(30)23(36)11-17-6-9-22-20(10-17)27(16(2)35)32-34(22)14-25(38)33(19-7-8-19)13-24(37)31-12-18-4-3-5-21(28)26(18)29/h3-6,9-10,15,19H,7-8,11-14,30H2,1-2H3,(H,31,37). The Morgan fingerprint density at radius 2 is 1.97 bits per heavy atom. The molecule has 11 heteroatoms. The fourth-order valence-electron chi connectivity index (χ4n) is 4.19. The molecule has 0 aliphatic heterocycles. The lowest BCUT2D eigenvalue weighted by molar-refractivity contribution is -0.137. The third kappa shape index (κ3) is 6.25. The number of fused-ring (bicyclic) bond motifs is 1. The summed E-state index contributed by atoms with van der Waals surface area (Å²) >= 11 is 5.80. The Morgan fingerprint density at radius 1 is 1.24 bits per heavy atom. The molecule has 2 amide bonds. The van der Waals surface area contributed by atoms with E-state index in [0.717, 1.165) is 12.8 Å². The molecule has 3 N–H and O–H groups in total. The smallest absolute Gasteiger partial charge is 0.245 e. The van der Waals surface area contributed by atoms with Crippen LogP contribution in [0, 0.1) is 5.82 Å². The van der Waals surface area contributed by atoms with Gasteiger partial charge in [0.25, 0.3) is 0 Å². The first-order valence-electron chi connectivity index (χ1n) is 12.3. The summed E-state index contributed by atoms with van der Waals surface area (Å²) in [7, 11) is 0. The van der Waals surface area contributed by atoms with Gasteiger partial charge in [0.05, 0.1) is 23.1 Å². The molecule has 1 heterocycles. The molecule has 3 aromatic rings. The lowest BCUT2D eigenvalue weighted by Crippen LogP contribution is -2.43. The number of halogens is 2. The molecule has 38 heavy (non-hydrogen) atoms. The van der Waals surface area contributed by atoms with Crippen LogP contribution in [0.15, 0.2) is 36.4 Å². The highest BCUT2D eigenvalue weighted by Crippen LogP contribution is 2.28. The van der Waals surface area contributed by atoms with Gasteiger partial charge in [-0.25, -0.2) is 4.39 Å². The van der Waals surface area contributed by atoms with E-state index < -0.39 is 17.8 Å². The van der Waals surface area contributed by atoms with E-state index in [4.69, 9.17) is 17.3 Å². The van der Waals surface area contributed by atoms with Crippen molar-refractivity contribution in [3.8, 4) is 0 Å². The molecule has 1 aliphatic carbocycles. The third-order valence-electron chi connectivity index (χ3n) is 6.45. The zero-order valence-corrected chi connectivity index (χ0v) is 21.9. The van der Waals surface area contributed by atoms with E-state index in [1.54, 1.807) is 31.2 Å².